The van der Waals surface area contributed by atoms with Crippen LogP contribution in [0.3, 0.4) is 0 Å². The maximum absolute atomic E-state index is 12.9. The van der Waals surface area contributed by atoms with Crippen molar-refractivity contribution in [3.63, 3.8) is 0 Å². The van der Waals surface area contributed by atoms with Crippen LogP contribution in [0.1, 0.15) is 47.0 Å². The van der Waals surface area contributed by atoms with Crippen LogP contribution >= 0.6 is 11.3 Å². The van der Waals surface area contributed by atoms with E-state index in [0.717, 1.165) is 53.7 Å². The molecule has 5 rings (SSSR count). The number of H-pyrrole nitrogens is 1. The van der Waals surface area contributed by atoms with Gasteiger partial charge in [-0.05, 0) is 50.8 Å². The van der Waals surface area contributed by atoms with Gasteiger partial charge in [-0.15, -0.1) is 11.3 Å². The monoisotopic (exact) mass is 449 g/mol. The van der Waals surface area contributed by atoms with Gasteiger partial charge in [0, 0.05) is 43.4 Å². The van der Waals surface area contributed by atoms with Gasteiger partial charge in [-0.1, -0.05) is 12.1 Å². The summed E-state index contributed by atoms with van der Waals surface area (Å²) < 4.78 is 2.92. The molecule has 0 unspecified atom stereocenters. The lowest BCUT2D eigenvalue weighted by Crippen LogP contribution is -2.38. The molecule has 0 radical (unpaired) electrons. The highest BCUT2D eigenvalue weighted by Crippen LogP contribution is 2.34. The third-order valence-electron chi connectivity index (χ3n) is 6.65. The van der Waals surface area contributed by atoms with Crippen LogP contribution in [-0.4, -0.2) is 43.6 Å². The van der Waals surface area contributed by atoms with Crippen LogP contribution in [0.25, 0.3) is 21.3 Å². The number of hydrogen-bond donors (Lipinski definition) is 1. The molecule has 166 valence electrons. The van der Waals surface area contributed by atoms with E-state index >= 15 is 0 Å². The Morgan fingerprint density at radius 3 is 2.72 bits per heavy atom. The fourth-order valence-electron chi connectivity index (χ4n) is 4.89. The van der Waals surface area contributed by atoms with Crippen molar-refractivity contribution in [2.45, 2.75) is 45.4 Å². The molecule has 7 nitrogen and oxygen atoms in total. The number of aromatic amines is 1. The number of nitrogens with zero attached hydrogens (tertiary/aromatic N) is 4. The molecule has 4 heterocycles. The third-order valence-corrected chi connectivity index (χ3v) is 7.85. The molecule has 8 heteroatoms. The molecule has 4 aromatic rings. The molecule has 1 amide bonds. The first-order valence-corrected chi connectivity index (χ1v) is 11.9. The van der Waals surface area contributed by atoms with Gasteiger partial charge in [0.05, 0.1) is 20.9 Å². The molecule has 1 N–H and O–H groups in total. The van der Waals surface area contributed by atoms with E-state index in [1.54, 1.807) is 16.0 Å². The van der Waals surface area contributed by atoms with Gasteiger partial charge in [-0.2, -0.15) is 5.10 Å². The Hall–Kier alpha value is -3.00. The zero-order valence-corrected chi connectivity index (χ0v) is 19.5. The Kier molecular flexibility index (Phi) is 5.33. The second-order valence-corrected chi connectivity index (χ2v) is 9.73. The van der Waals surface area contributed by atoms with Gasteiger partial charge in [0.25, 0.3) is 5.56 Å². The van der Waals surface area contributed by atoms with Gasteiger partial charge in [0.15, 0.2) is 0 Å². The average molecular weight is 450 g/mol. The first-order chi connectivity index (χ1) is 15.4. The zero-order valence-electron chi connectivity index (χ0n) is 18.6. The van der Waals surface area contributed by atoms with Crippen LogP contribution in [0.15, 0.2) is 29.1 Å². The number of aromatic nitrogens is 4. The molecule has 32 heavy (non-hydrogen) atoms. The van der Waals surface area contributed by atoms with Crippen molar-refractivity contribution in [3.8, 4) is 0 Å². The maximum Gasteiger partial charge on any atom is 0.253 e. The number of para-hydroxylation sites is 1. The summed E-state index contributed by atoms with van der Waals surface area (Å²) in [6.07, 6.45) is 2.67. The Bertz CT molecular complexity index is 1340. The predicted molar refractivity (Wildman–Crippen MR) is 127 cm³/mol. The largest absolute Gasteiger partial charge is 0.343 e. The fraction of sp³-hybridized carbons (Fsp3) is 0.417. The summed E-state index contributed by atoms with van der Waals surface area (Å²) >= 11 is 1.77. The summed E-state index contributed by atoms with van der Waals surface area (Å²) in [5.74, 6) is 0.534. The fourth-order valence-corrected chi connectivity index (χ4v) is 6.02. The van der Waals surface area contributed by atoms with Gasteiger partial charge < -0.3 is 9.88 Å². The lowest BCUT2D eigenvalue weighted by atomic mass is 9.96. The smallest absolute Gasteiger partial charge is 0.253 e. The van der Waals surface area contributed by atoms with Gasteiger partial charge in [-0.25, -0.2) is 4.98 Å². The van der Waals surface area contributed by atoms with Gasteiger partial charge in [0.2, 0.25) is 5.91 Å². The van der Waals surface area contributed by atoms with Crippen LogP contribution < -0.4 is 5.56 Å². The summed E-state index contributed by atoms with van der Waals surface area (Å²) in [5, 5.41) is 6.57. The average Bonchev–Trinajstić information content (AvgIpc) is 3.34. The highest BCUT2D eigenvalue weighted by Gasteiger charge is 2.26. The minimum atomic E-state index is -0.125. The molecule has 1 saturated heterocycles. The number of thiazole rings is 1. The van der Waals surface area contributed by atoms with E-state index in [1.165, 1.54) is 9.71 Å². The number of aryl methyl sites for hydroxylation is 3. The van der Waals surface area contributed by atoms with Crippen LogP contribution in [0.5, 0.6) is 0 Å². The highest BCUT2D eigenvalue weighted by molar-refractivity contribution is 7.18. The van der Waals surface area contributed by atoms with Crippen LogP contribution in [0, 0.1) is 13.8 Å². The van der Waals surface area contributed by atoms with Crippen LogP contribution in [-0.2, 0) is 18.3 Å². The standard InChI is InChI=1S/C24H27N5O2S/c1-14-17(23(31)26-22-21(14)15(2)27-28(22)3)8-9-20(30)29-12-10-16(11-13-29)24-25-18-6-4-5-7-19(18)32-24/h4-7,16H,8-13H2,1-3H3,(H,26,31). The van der Waals surface area contributed by atoms with Gasteiger partial charge >= 0.3 is 0 Å². The lowest BCUT2D eigenvalue weighted by molar-refractivity contribution is -0.132. The van der Waals surface area contributed by atoms with E-state index in [0.29, 0.717) is 24.3 Å². The Labute approximate surface area is 190 Å². The van der Waals surface area contributed by atoms with Gasteiger partial charge in [-0.3, -0.25) is 14.3 Å². The van der Waals surface area contributed by atoms with E-state index < -0.39 is 0 Å². The van der Waals surface area contributed by atoms with Crippen molar-refractivity contribution in [2.24, 2.45) is 7.05 Å². The number of piperidine rings is 1. The number of benzene rings is 1. The third kappa shape index (κ3) is 3.62. The molecule has 1 aliphatic rings. The first-order valence-electron chi connectivity index (χ1n) is 11.1. The minimum Gasteiger partial charge on any atom is -0.343 e. The summed E-state index contributed by atoms with van der Waals surface area (Å²) in [5.41, 5.74) is 4.17. The van der Waals surface area contributed by atoms with Crippen LogP contribution in [0.2, 0.25) is 0 Å². The van der Waals surface area contributed by atoms with Gasteiger partial charge in [0.1, 0.15) is 5.65 Å². The second-order valence-electron chi connectivity index (χ2n) is 8.67. The summed E-state index contributed by atoms with van der Waals surface area (Å²) in [7, 11) is 1.83. The zero-order chi connectivity index (χ0) is 22.4. The number of amides is 1. The van der Waals surface area contributed by atoms with E-state index in [2.05, 4.69) is 22.2 Å². The molecule has 1 aromatic carbocycles. The van der Waals surface area contributed by atoms with Crippen molar-refractivity contribution < 1.29 is 4.79 Å². The molecule has 0 atom stereocenters. The number of fused-ring (bicyclic) bond motifs is 2. The summed E-state index contributed by atoms with van der Waals surface area (Å²) in [4.78, 5) is 35.2. The van der Waals surface area contributed by atoms with E-state index in [4.69, 9.17) is 4.98 Å². The number of rotatable bonds is 4. The first kappa shape index (κ1) is 20.9. The van der Waals surface area contributed by atoms with E-state index in [9.17, 15) is 9.59 Å². The molecule has 1 aliphatic heterocycles. The Morgan fingerprint density at radius 1 is 1.22 bits per heavy atom. The number of hydrogen-bond acceptors (Lipinski definition) is 5. The normalized spacial score (nSPS) is 15.2. The molecular formula is C24H27N5O2S. The molecule has 0 spiro atoms. The van der Waals surface area contributed by atoms with Crippen molar-refractivity contribution in [3.05, 3.63) is 56.4 Å². The lowest BCUT2D eigenvalue weighted by Gasteiger charge is -2.31. The van der Waals surface area contributed by atoms with Crippen molar-refractivity contribution in [2.75, 3.05) is 13.1 Å². The molecule has 3 aromatic heterocycles. The van der Waals surface area contributed by atoms with Crippen molar-refractivity contribution in [1.29, 1.82) is 0 Å². The molecular weight excluding hydrogens is 422 g/mol. The van der Waals surface area contributed by atoms with E-state index in [-0.39, 0.29) is 11.5 Å². The van der Waals surface area contributed by atoms with E-state index in [1.807, 2.05) is 37.9 Å². The topological polar surface area (TPSA) is 83.9 Å². The number of nitrogens with one attached hydrogen (secondary N) is 1. The molecule has 0 bridgehead atoms. The van der Waals surface area contributed by atoms with Crippen LogP contribution in [0.4, 0.5) is 0 Å². The molecule has 1 fully saturated rings. The molecule has 0 saturated carbocycles. The highest BCUT2D eigenvalue weighted by atomic mass is 32.1. The quantitative estimate of drug-likeness (QED) is 0.513. The second kappa shape index (κ2) is 8.16. The number of carbonyl (C=O) groups is 1. The molecule has 0 aliphatic carbocycles. The Morgan fingerprint density at radius 2 is 1.97 bits per heavy atom. The van der Waals surface area contributed by atoms with Crippen molar-refractivity contribution >= 4 is 38.5 Å². The Balaban J connectivity index is 1.24. The van der Waals surface area contributed by atoms with Crippen molar-refractivity contribution in [1.82, 2.24) is 24.6 Å². The minimum absolute atomic E-state index is 0.120. The number of carbonyl (C=O) groups excluding carboxylic acids is 1. The number of likely N-dealkylation sites (tertiary alicyclic amines) is 1. The number of pyridine rings is 1. The SMILES string of the molecule is Cc1nn(C)c2[nH]c(=O)c(CCC(=O)N3CCC(c4nc5ccccc5s4)CC3)c(C)c12. The maximum atomic E-state index is 12.9. The summed E-state index contributed by atoms with van der Waals surface area (Å²) in [6, 6.07) is 8.24. The predicted octanol–water partition coefficient (Wildman–Crippen LogP) is 3.83. The summed E-state index contributed by atoms with van der Waals surface area (Å²) in [6.45, 7) is 5.39.